The molecule has 2 amide bonds. The molecular weight excluding hydrogens is 364 g/mol. The lowest BCUT2D eigenvalue weighted by atomic mass is 10.1. The van der Waals surface area contributed by atoms with Crippen molar-refractivity contribution in [2.24, 2.45) is 5.73 Å². The minimum atomic E-state index is -0.515. The number of nitrogens with two attached hydrogens (primary N) is 1. The molecular formula is C18H16N6O4. The second kappa shape index (κ2) is 7.35. The zero-order valence-corrected chi connectivity index (χ0v) is 14.7. The number of amides is 2. The molecule has 3 N–H and O–H groups in total. The predicted molar refractivity (Wildman–Crippen MR) is 97.8 cm³/mol. The summed E-state index contributed by atoms with van der Waals surface area (Å²) in [5.74, 6) is 0.741. The van der Waals surface area contributed by atoms with E-state index < -0.39 is 5.91 Å². The molecule has 0 bridgehead atoms. The maximum Gasteiger partial charge on any atom is 0.248 e. The summed E-state index contributed by atoms with van der Waals surface area (Å²) >= 11 is 0. The van der Waals surface area contributed by atoms with Crippen molar-refractivity contribution in [2.75, 3.05) is 18.5 Å². The van der Waals surface area contributed by atoms with Gasteiger partial charge in [-0.3, -0.25) is 9.59 Å². The zero-order chi connectivity index (χ0) is 19.5. The molecule has 0 radical (unpaired) electrons. The van der Waals surface area contributed by atoms with Crippen LogP contribution >= 0.6 is 0 Å². The van der Waals surface area contributed by atoms with E-state index in [0.717, 1.165) is 0 Å². The summed E-state index contributed by atoms with van der Waals surface area (Å²) < 4.78 is 10.9. The van der Waals surface area contributed by atoms with Gasteiger partial charge in [-0.1, -0.05) is 12.1 Å². The van der Waals surface area contributed by atoms with E-state index in [1.807, 2.05) is 0 Å². The van der Waals surface area contributed by atoms with Gasteiger partial charge in [0.25, 0.3) is 0 Å². The molecule has 0 aliphatic carbocycles. The molecule has 0 atom stereocenters. The molecule has 4 rings (SSSR count). The van der Waals surface area contributed by atoms with Crippen LogP contribution in [0.25, 0.3) is 11.4 Å². The Kier molecular flexibility index (Phi) is 4.58. The van der Waals surface area contributed by atoms with E-state index in [0.29, 0.717) is 47.4 Å². The molecule has 10 heteroatoms. The Balaban J connectivity index is 1.41. The van der Waals surface area contributed by atoms with Gasteiger partial charge in [0, 0.05) is 22.9 Å². The standard InChI is InChI=1S/C18H16N6O4/c19-17(26)11-1-3-12(4-2-11)18-21-23-24(22-18)10-16(25)20-13-5-6-14-15(9-13)28-8-7-27-14/h1-6,9H,7-8,10H2,(H2,19,26)(H,20,25). The maximum atomic E-state index is 12.3. The van der Waals surface area contributed by atoms with Crippen LogP contribution in [0.2, 0.25) is 0 Å². The Bertz CT molecular complexity index is 1030. The first-order valence-corrected chi connectivity index (χ1v) is 8.46. The number of nitrogens with zero attached hydrogens (tertiary/aromatic N) is 4. The number of benzene rings is 2. The summed E-state index contributed by atoms with van der Waals surface area (Å²) in [6, 6.07) is 11.7. The quantitative estimate of drug-likeness (QED) is 0.670. The Morgan fingerprint density at radius 1 is 1.07 bits per heavy atom. The molecule has 2 heterocycles. The van der Waals surface area contributed by atoms with Crippen molar-refractivity contribution >= 4 is 17.5 Å². The lowest BCUT2D eigenvalue weighted by Crippen LogP contribution is -2.21. The molecule has 0 saturated carbocycles. The smallest absolute Gasteiger partial charge is 0.248 e. The monoisotopic (exact) mass is 380 g/mol. The van der Waals surface area contributed by atoms with E-state index in [2.05, 4.69) is 20.7 Å². The number of fused-ring (bicyclic) bond motifs is 1. The van der Waals surface area contributed by atoms with Crippen LogP contribution in [0.3, 0.4) is 0 Å². The Labute approximate surface area is 159 Å². The second-order valence-electron chi connectivity index (χ2n) is 5.99. The van der Waals surface area contributed by atoms with E-state index in [4.69, 9.17) is 15.2 Å². The molecule has 10 nitrogen and oxygen atoms in total. The summed E-state index contributed by atoms with van der Waals surface area (Å²) in [6.07, 6.45) is 0. The van der Waals surface area contributed by atoms with Gasteiger partial charge in [0.05, 0.1) is 0 Å². The van der Waals surface area contributed by atoms with Crippen LogP contribution in [0.4, 0.5) is 5.69 Å². The first-order chi connectivity index (χ1) is 13.6. The number of nitrogens with one attached hydrogen (secondary N) is 1. The van der Waals surface area contributed by atoms with Gasteiger partial charge in [-0.25, -0.2) is 0 Å². The number of carbonyl (C=O) groups is 2. The van der Waals surface area contributed by atoms with Crippen molar-refractivity contribution in [1.29, 1.82) is 0 Å². The van der Waals surface area contributed by atoms with E-state index in [9.17, 15) is 9.59 Å². The van der Waals surface area contributed by atoms with Crippen LogP contribution in [0.1, 0.15) is 10.4 Å². The van der Waals surface area contributed by atoms with Crippen LogP contribution in [0.15, 0.2) is 42.5 Å². The summed E-state index contributed by atoms with van der Waals surface area (Å²) in [5, 5.41) is 14.7. The normalized spacial score (nSPS) is 12.4. The van der Waals surface area contributed by atoms with E-state index in [-0.39, 0.29) is 12.5 Å². The lowest BCUT2D eigenvalue weighted by Gasteiger charge is -2.18. The molecule has 1 aliphatic rings. The molecule has 142 valence electrons. The largest absolute Gasteiger partial charge is 0.486 e. The van der Waals surface area contributed by atoms with Gasteiger partial charge in [0.15, 0.2) is 11.5 Å². The molecule has 0 fully saturated rings. The fraction of sp³-hybridized carbons (Fsp3) is 0.167. The highest BCUT2D eigenvalue weighted by Crippen LogP contribution is 2.32. The molecule has 0 saturated heterocycles. The summed E-state index contributed by atoms with van der Waals surface area (Å²) in [4.78, 5) is 24.6. The second-order valence-corrected chi connectivity index (χ2v) is 5.99. The molecule has 3 aromatic rings. The highest BCUT2D eigenvalue weighted by molar-refractivity contribution is 5.93. The Morgan fingerprint density at radius 2 is 1.82 bits per heavy atom. The Hall–Kier alpha value is -3.95. The van der Waals surface area contributed by atoms with Gasteiger partial charge in [-0.15, -0.1) is 10.2 Å². The van der Waals surface area contributed by atoms with Gasteiger partial charge in [0.2, 0.25) is 17.6 Å². The number of aromatic nitrogens is 4. The zero-order valence-electron chi connectivity index (χ0n) is 14.7. The van der Waals surface area contributed by atoms with Crippen LogP contribution in [-0.4, -0.2) is 45.2 Å². The van der Waals surface area contributed by atoms with Crippen LogP contribution in [0, 0.1) is 0 Å². The highest BCUT2D eigenvalue weighted by atomic mass is 16.6. The number of hydrogen-bond acceptors (Lipinski definition) is 7. The third kappa shape index (κ3) is 3.75. The number of carbonyl (C=O) groups excluding carboxylic acids is 2. The predicted octanol–water partition coefficient (Wildman–Crippen LogP) is 0.849. The number of anilines is 1. The van der Waals surface area contributed by atoms with Gasteiger partial charge in [-0.2, -0.15) is 4.80 Å². The average molecular weight is 380 g/mol. The third-order valence-corrected chi connectivity index (χ3v) is 3.99. The first kappa shape index (κ1) is 17.5. The fourth-order valence-corrected chi connectivity index (χ4v) is 2.66. The maximum absolute atomic E-state index is 12.3. The van der Waals surface area contributed by atoms with E-state index in [1.54, 1.807) is 42.5 Å². The minimum Gasteiger partial charge on any atom is -0.486 e. The minimum absolute atomic E-state index is 0.110. The number of rotatable bonds is 5. The number of hydrogen-bond donors (Lipinski definition) is 2. The van der Waals surface area contributed by atoms with Crippen molar-refractivity contribution in [3.05, 3.63) is 48.0 Å². The van der Waals surface area contributed by atoms with Gasteiger partial charge in [0.1, 0.15) is 19.8 Å². The van der Waals surface area contributed by atoms with Crippen molar-refractivity contribution in [3.63, 3.8) is 0 Å². The van der Waals surface area contributed by atoms with Gasteiger partial charge >= 0.3 is 0 Å². The van der Waals surface area contributed by atoms with Crippen molar-refractivity contribution in [3.8, 4) is 22.9 Å². The molecule has 28 heavy (non-hydrogen) atoms. The average Bonchev–Trinajstić information content (AvgIpc) is 3.16. The fourth-order valence-electron chi connectivity index (χ4n) is 2.66. The molecule has 0 spiro atoms. The van der Waals surface area contributed by atoms with Gasteiger partial charge in [-0.05, 0) is 29.5 Å². The van der Waals surface area contributed by atoms with Crippen molar-refractivity contribution in [2.45, 2.75) is 6.54 Å². The van der Waals surface area contributed by atoms with E-state index >= 15 is 0 Å². The van der Waals surface area contributed by atoms with Crippen LogP contribution < -0.4 is 20.5 Å². The molecule has 0 unspecified atom stereocenters. The molecule has 2 aromatic carbocycles. The Morgan fingerprint density at radius 3 is 2.57 bits per heavy atom. The third-order valence-electron chi connectivity index (χ3n) is 3.99. The van der Waals surface area contributed by atoms with Gasteiger partial charge < -0.3 is 20.5 Å². The number of primary amides is 1. The molecule has 1 aliphatic heterocycles. The number of ether oxygens (including phenoxy) is 2. The highest BCUT2D eigenvalue weighted by Gasteiger charge is 2.14. The number of tetrazole rings is 1. The van der Waals surface area contributed by atoms with E-state index in [1.165, 1.54) is 4.80 Å². The summed E-state index contributed by atoms with van der Waals surface area (Å²) in [5.41, 5.74) is 6.84. The first-order valence-electron chi connectivity index (χ1n) is 8.46. The summed E-state index contributed by atoms with van der Waals surface area (Å²) in [7, 11) is 0. The van der Waals surface area contributed by atoms with Crippen LogP contribution in [0.5, 0.6) is 11.5 Å². The molecule has 1 aromatic heterocycles. The summed E-state index contributed by atoms with van der Waals surface area (Å²) in [6.45, 7) is 0.863. The van der Waals surface area contributed by atoms with Crippen molar-refractivity contribution in [1.82, 2.24) is 20.2 Å². The lowest BCUT2D eigenvalue weighted by molar-refractivity contribution is -0.117. The topological polar surface area (TPSA) is 134 Å². The SMILES string of the molecule is NC(=O)c1ccc(-c2nnn(CC(=O)Nc3ccc4c(c3)OCCO4)n2)cc1. The van der Waals surface area contributed by atoms with Crippen LogP contribution in [-0.2, 0) is 11.3 Å². The van der Waals surface area contributed by atoms with Crippen molar-refractivity contribution < 1.29 is 19.1 Å².